The number of amides is 1. The zero-order valence-electron chi connectivity index (χ0n) is 12.7. The Morgan fingerprint density at radius 2 is 2.17 bits per heavy atom. The molecule has 23 heavy (non-hydrogen) atoms. The van der Waals surface area contributed by atoms with Crippen LogP contribution in [0.25, 0.3) is 11.6 Å². The number of carbonyl (C=O) groups excluding carboxylic acids is 2. The first-order chi connectivity index (χ1) is 11.2. The van der Waals surface area contributed by atoms with Crippen molar-refractivity contribution in [3.63, 3.8) is 0 Å². The summed E-state index contributed by atoms with van der Waals surface area (Å²) in [5.74, 6) is -0.503. The predicted molar refractivity (Wildman–Crippen MR) is 88.9 cm³/mol. The van der Waals surface area contributed by atoms with E-state index in [1.54, 1.807) is 19.2 Å². The first-order valence-corrected chi connectivity index (χ1v) is 7.38. The van der Waals surface area contributed by atoms with Crippen LogP contribution in [0.5, 0.6) is 0 Å². The molecule has 6 heteroatoms. The standard InChI is InChI=1S/C17H17N3O3/c1-2-23-15(21)10-19-13-6-3-7-14-16(13)12(17(22)20-14)9-11-5-4-8-18-11/h3-9,18-19H,2,10H2,1H3,(H,20,22). The molecule has 1 aliphatic heterocycles. The third kappa shape index (κ3) is 3.11. The van der Waals surface area contributed by atoms with Crippen LogP contribution in [0, 0.1) is 0 Å². The van der Waals surface area contributed by atoms with Gasteiger partial charge in [0.2, 0.25) is 0 Å². The lowest BCUT2D eigenvalue weighted by Gasteiger charge is -2.10. The molecule has 6 nitrogen and oxygen atoms in total. The molecular weight excluding hydrogens is 294 g/mol. The largest absolute Gasteiger partial charge is 0.465 e. The zero-order valence-corrected chi connectivity index (χ0v) is 12.7. The van der Waals surface area contributed by atoms with Crippen molar-refractivity contribution in [1.82, 2.24) is 4.98 Å². The second-order valence-electron chi connectivity index (χ2n) is 5.02. The Morgan fingerprint density at radius 1 is 1.30 bits per heavy atom. The van der Waals surface area contributed by atoms with Crippen LogP contribution in [0.4, 0.5) is 11.4 Å². The lowest BCUT2D eigenvalue weighted by molar-refractivity contribution is -0.140. The van der Waals surface area contributed by atoms with Gasteiger partial charge in [-0.1, -0.05) is 6.07 Å². The number of benzene rings is 1. The second kappa shape index (κ2) is 6.39. The summed E-state index contributed by atoms with van der Waals surface area (Å²) < 4.78 is 4.91. The molecule has 3 N–H and O–H groups in total. The fourth-order valence-corrected chi connectivity index (χ4v) is 2.50. The molecule has 0 spiro atoms. The van der Waals surface area contributed by atoms with Gasteiger partial charge in [-0.3, -0.25) is 9.59 Å². The fraction of sp³-hybridized carbons (Fsp3) is 0.176. The first-order valence-electron chi connectivity index (χ1n) is 7.38. The van der Waals surface area contributed by atoms with E-state index in [1.165, 1.54) is 0 Å². The molecule has 0 bridgehead atoms. The zero-order chi connectivity index (χ0) is 16.2. The van der Waals surface area contributed by atoms with Crippen LogP contribution >= 0.6 is 0 Å². The Bertz CT molecular complexity index is 763. The molecule has 0 saturated heterocycles. The molecule has 0 saturated carbocycles. The molecule has 0 atom stereocenters. The summed E-state index contributed by atoms with van der Waals surface area (Å²) in [6.45, 7) is 2.15. The Kier molecular flexibility index (Phi) is 4.14. The predicted octanol–water partition coefficient (Wildman–Crippen LogP) is 2.48. The van der Waals surface area contributed by atoms with E-state index in [9.17, 15) is 9.59 Å². The summed E-state index contributed by atoms with van der Waals surface area (Å²) in [4.78, 5) is 26.8. The summed E-state index contributed by atoms with van der Waals surface area (Å²) in [5, 5.41) is 5.88. The molecule has 118 valence electrons. The van der Waals surface area contributed by atoms with Crippen molar-refractivity contribution in [1.29, 1.82) is 0 Å². The van der Waals surface area contributed by atoms with E-state index in [2.05, 4.69) is 15.6 Å². The first kappa shape index (κ1) is 14.9. The lowest BCUT2D eigenvalue weighted by Crippen LogP contribution is -2.17. The van der Waals surface area contributed by atoms with Crippen LogP contribution in [-0.2, 0) is 14.3 Å². The van der Waals surface area contributed by atoms with Gasteiger partial charge in [0.25, 0.3) is 5.91 Å². The maximum Gasteiger partial charge on any atom is 0.325 e. The van der Waals surface area contributed by atoms with Crippen LogP contribution in [-0.4, -0.2) is 30.0 Å². The number of anilines is 2. The molecule has 1 amide bonds. The summed E-state index contributed by atoms with van der Waals surface area (Å²) in [6, 6.07) is 9.24. The van der Waals surface area contributed by atoms with E-state index in [0.29, 0.717) is 17.9 Å². The third-order valence-electron chi connectivity index (χ3n) is 3.48. The maximum absolute atomic E-state index is 12.2. The number of H-pyrrole nitrogens is 1. The monoisotopic (exact) mass is 311 g/mol. The molecule has 0 radical (unpaired) electrons. The van der Waals surface area contributed by atoms with E-state index >= 15 is 0 Å². The Hall–Kier alpha value is -3.02. The molecule has 3 rings (SSSR count). The number of nitrogens with one attached hydrogen (secondary N) is 3. The van der Waals surface area contributed by atoms with Crippen molar-refractivity contribution in [2.24, 2.45) is 0 Å². The Balaban J connectivity index is 1.92. The van der Waals surface area contributed by atoms with Crippen molar-refractivity contribution >= 4 is 34.9 Å². The van der Waals surface area contributed by atoms with Crippen LogP contribution in [0.3, 0.4) is 0 Å². The van der Waals surface area contributed by atoms with Gasteiger partial charge in [-0.05, 0) is 37.3 Å². The molecular formula is C17H17N3O3. The second-order valence-corrected chi connectivity index (χ2v) is 5.02. The number of rotatable bonds is 5. The highest BCUT2D eigenvalue weighted by molar-refractivity contribution is 6.36. The molecule has 2 aromatic rings. The Morgan fingerprint density at radius 3 is 2.91 bits per heavy atom. The van der Waals surface area contributed by atoms with E-state index in [1.807, 2.05) is 30.3 Å². The molecule has 0 aliphatic carbocycles. The average Bonchev–Trinajstić information content (AvgIpc) is 3.15. The van der Waals surface area contributed by atoms with Gasteiger partial charge in [0.15, 0.2) is 0 Å². The highest BCUT2D eigenvalue weighted by atomic mass is 16.5. The summed E-state index contributed by atoms with van der Waals surface area (Å²) in [7, 11) is 0. The molecule has 1 aromatic carbocycles. The van der Waals surface area contributed by atoms with Gasteiger partial charge in [0, 0.05) is 23.1 Å². The minimum absolute atomic E-state index is 0.0499. The summed E-state index contributed by atoms with van der Waals surface area (Å²) in [6.07, 6.45) is 3.59. The van der Waals surface area contributed by atoms with Crippen LogP contribution < -0.4 is 10.6 Å². The van der Waals surface area contributed by atoms with Crippen LogP contribution in [0.15, 0.2) is 36.5 Å². The number of hydrogen-bond acceptors (Lipinski definition) is 4. The van der Waals surface area contributed by atoms with E-state index in [-0.39, 0.29) is 18.4 Å². The summed E-state index contributed by atoms with van der Waals surface area (Å²) >= 11 is 0. The fourth-order valence-electron chi connectivity index (χ4n) is 2.50. The van der Waals surface area contributed by atoms with Crippen LogP contribution in [0.2, 0.25) is 0 Å². The van der Waals surface area contributed by atoms with E-state index < -0.39 is 0 Å². The number of aromatic amines is 1. The van der Waals surface area contributed by atoms with E-state index in [4.69, 9.17) is 4.74 Å². The molecule has 1 aliphatic rings. The van der Waals surface area contributed by atoms with Crippen molar-refractivity contribution in [3.8, 4) is 0 Å². The highest BCUT2D eigenvalue weighted by Crippen LogP contribution is 2.38. The molecule has 1 aromatic heterocycles. The van der Waals surface area contributed by atoms with Gasteiger partial charge in [0.05, 0.1) is 17.9 Å². The van der Waals surface area contributed by atoms with Crippen LogP contribution in [0.1, 0.15) is 18.2 Å². The van der Waals surface area contributed by atoms with Gasteiger partial charge in [0.1, 0.15) is 6.54 Å². The minimum atomic E-state index is -0.336. The van der Waals surface area contributed by atoms with Gasteiger partial charge in [-0.25, -0.2) is 0 Å². The number of carbonyl (C=O) groups is 2. The number of fused-ring (bicyclic) bond motifs is 1. The van der Waals surface area contributed by atoms with Gasteiger partial charge in [-0.15, -0.1) is 0 Å². The lowest BCUT2D eigenvalue weighted by atomic mass is 10.0. The van der Waals surface area contributed by atoms with Crippen molar-refractivity contribution in [2.75, 3.05) is 23.8 Å². The average molecular weight is 311 g/mol. The third-order valence-corrected chi connectivity index (χ3v) is 3.48. The number of esters is 1. The molecule has 2 heterocycles. The number of aromatic nitrogens is 1. The highest BCUT2D eigenvalue weighted by Gasteiger charge is 2.27. The van der Waals surface area contributed by atoms with Gasteiger partial charge in [-0.2, -0.15) is 0 Å². The van der Waals surface area contributed by atoms with Gasteiger partial charge >= 0.3 is 5.97 Å². The molecule has 0 fully saturated rings. The Labute approximate surface area is 133 Å². The van der Waals surface area contributed by atoms with Crippen molar-refractivity contribution in [3.05, 3.63) is 47.8 Å². The quantitative estimate of drug-likeness (QED) is 0.585. The van der Waals surface area contributed by atoms with Crippen molar-refractivity contribution in [2.45, 2.75) is 6.92 Å². The molecule has 0 unspecified atom stereocenters. The normalized spacial score (nSPS) is 14.5. The SMILES string of the molecule is CCOC(=O)CNc1cccc2c1C(=Cc1ccc[nH]1)C(=O)N2. The van der Waals surface area contributed by atoms with Gasteiger partial charge < -0.3 is 20.4 Å². The summed E-state index contributed by atoms with van der Waals surface area (Å²) in [5.41, 5.74) is 3.59. The van der Waals surface area contributed by atoms with Crippen molar-refractivity contribution < 1.29 is 14.3 Å². The van der Waals surface area contributed by atoms with E-state index in [0.717, 1.165) is 16.9 Å². The maximum atomic E-state index is 12.2. The smallest absolute Gasteiger partial charge is 0.325 e. The number of ether oxygens (including phenoxy) is 1. The topological polar surface area (TPSA) is 83.2 Å². The number of hydrogen-bond donors (Lipinski definition) is 3. The minimum Gasteiger partial charge on any atom is -0.465 e.